The van der Waals surface area contributed by atoms with Gasteiger partial charge in [0, 0.05) is 18.4 Å². The Morgan fingerprint density at radius 2 is 2.00 bits per heavy atom. The molecule has 3 rings (SSSR count). The Kier molecular flexibility index (Phi) is 3.53. The molecule has 1 aliphatic carbocycles. The number of hydrogen-bond donors (Lipinski definition) is 0. The van der Waals surface area contributed by atoms with Crippen LogP contribution in [0, 0.1) is 6.92 Å². The Labute approximate surface area is 125 Å². The van der Waals surface area contributed by atoms with Gasteiger partial charge < -0.3 is 4.74 Å². The van der Waals surface area contributed by atoms with Crippen LogP contribution in [-0.2, 0) is 0 Å². The van der Waals surface area contributed by atoms with Crippen LogP contribution in [-0.4, -0.2) is 22.0 Å². The van der Waals surface area contributed by atoms with E-state index >= 15 is 0 Å². The van der Waals surface area contributed by atoms with E-state index < -0.39 is 12.0 Å². The molecule has 6 heteroatoms. The summed E-state index contributed by atoms with van der Waals surface area (Å²) in [6, 6.07) is 5.43. The van der Waals surface area contributed by atoms with Crippen molar-refractivity contribution >= 4 is 11.6 Å². The molecule has 21 heavy (non-hydrogen) atoms. The lowest BCUT2D eigenvalue weighted by Crippen LogP contribution is -2.43. The number of benzene rings is 1. The zero-order valence-electron chi connectivity index (χ0n) is 11.3. The summed E-state index contributed by atoms with van der Waals surface area (Å²) in [5, 5.41) is 0.335. The highest BCUT2D eigenvalue weighted by Gasteiger charge is 2.46. The van der Waals surface area contributed by atoms with E-state index in [0.29, 0.717) is 16.6 Å². The zero-order valence-corrected chi connectivity index (χ0v) is 12.1. The van der Waals surface area contributed by atoms with Gasteiger partial charge in [-0.05, 0) is 30.7 Å². The van der Waals surface area contributed by atoms with E-state index in [1.54, 1.807) is 12.3 Å². The third-order valence-electron chi connectivity index (χ3n) is 3.45. The first kappa shape index (κ1) is 14.2. The van der Waals surface area contributed by atoms with E-state index in [-0.39, 0.29) is 12.8 Å². The molecule has 0 unspecified atom stereocenters. The van der Waals surface area contributed by atoms with Crippen molar-refractivity contribution in [3.63, 3.8) is 0 Å². The maximum Gasteiger partial charge on any atom is 0.255 e. The largest absolute Gasteiger partial charge is 0.490 e. The third kappa shape index (κ3) is 3.13. The van der Waals surface area contributed by atoms with E-state index in [0.717, 1.165) is 11.1 Å². The molecule has 0 radical (unpaired) electrons. The lowest BCUT2D eigenvalue weighted by molar-refractivity contribution is -0.134. The highest BCUT2D eigenvalue weighted by Crippen LogP contribution is 2.40. The van der Waals surface area contributed by atoms with Gasteiger partial charge in [-0.2, -0.15) is 0 Å². The minimum Gasteiger partial charge on any atom is -0.490 e. The van der Waals surface area contributed by atoms with Crippen molar-refractivity contribution in [2.75, 3.05) is 0 Å². The molecule has 0 bridgehead atoms. The number of hydrogen-bond acceptors (Lipinski definition) is 3. The van der Waals surface area contributed by atoms with E-state index in [4.69, 9.17) is 16.3 Å². The fraction of sp³-hybridized carbons (Fsp3) is 0.333. The summed E-state index contributed by atoms with van der Waals surface area (Å²) in [4.78, 5) is 8.21. The smallest absolute Gasteiger partial charge is 0.255 e. The molecule has 1 aliphatic rings. The van der Waals surface area contributed by atoms with Gasteiger partial charge in [-0.3, -0.25) is 4.98 Å². The summed E-state index contributed by atoms with van der Waals surface area (Å²) >= 11 is 5.71. The maximum atomic E-state index is 12.8. The Morgan fingerprint density at radius 3 is 2.57 bits per heavy atom. The molecule has 1 heterocycles. The molecule has 1 aromatic heterocycles. The molecular formula is C15H13ClF2N2O. The highest BCUT2D eigenvalue weighted by atomic mass is 35.5. The third-order valence-corrected chi connectivity index (χ3v) is 3.64. The number of alkyl halides is 2. The molecule has 110 valence electrons. The van der Waals surface area contributed by atoms with Crippen molar-refractivity contribution in [1.82, 2.24) is 9.97 Å². The molecule has 1 saturated carbocycles. The Morgan fingerprint density at radius 1 is 1.24 bits per heavy atom. The van der Waals surface area contributed by atoms with Gasteiger partial charge in [-0.15, -0.1) is 0 Å². The van der Waals surface area contributed by atoms with Crippen molar-refractivity contribution in [2.45, 2.75) is 31.8 Å². The first-order valence-corrected chi connectivity index (χ1v) is 6.94. The predicted octanol–water partition coefficient (Wildman–Crippen LogP) is 4.28. The number of halogens is 3. The summed E-state index contributed by atoms with van der Waals surface area (Å²) in [6.45, 7) is 1.91. The number of rotatable bonds is 3. The summed E-state index contributed by atoms with van der Waals surface area (Å²) in [6.07, 6.45) is 2.25. The monoisotopic (exact) mass is 310 g/mol. The van der Waals surface area contributed by atoms with Gasteiger partial charge in [0.05, 0.1) is 18.1 Å². The van der Waals surface area contributed by atoms with Crippen LogP contribution in [0.1, 0.15) is 18.4 Å². The van der Waals surface area contributed by atoms with Crippen LogP contribution >= 0.6 is 11.6 Å². The minimum absolute atomic E-state index is 0.212. The van der Waals surface area contributed by atoms with Crippen LogP contribution in [0.2, 0.25) is 5.15 Å². The van der Waals surface area contributed by atoms with Gasteiger partial charge >= 0.3 is 0 Å². The number of ether oxygens (including phenoxy) is 1. The van der Waals surface area contributed by atoms with Crippen molar-refractivity contribution < 1.29 is 13.5 Å². The topological polar surface area (TPSA) is 35.0 Å². The number of aryl methyl sites for hydroxylation is 1. The standard InChI is InChI=1S/C15H13ClF2N2O/c1-9-4-10(21-11-5-15(17,18)6-11)2-3-12(9)13-7-20-14(16)8-19-13/h2-4,7-8,11H,5-6H2,1H3. The van der Waals surface area contributed by atoms with Gasteiger partial charge in [0.1, 0.15) is 17.0 Å². The minimum atomic E-state index is -2.57. The molecule has 1 fully saturated rings. The lowest BCUT2D eigenvalue weighted by atomic mass is 9.91. The lowest BCUT2D eigenvalue weighted by Gasteiger charge is -2.34. The second-order valence-corrected chi connectivity index (χ2v) is 5.59. The summed E-state index contributed by atoms with van der Waals surface area (Å²) in [5.41, 5.74) is 2.55. The normalized spacial score (nSPS) is 17.3. The average molecular weight is 311 g/mol. The van der Waals surface area contributed by atoms with Crippen LogP contribution in [0.5, 0.6) is 5.75 Å². The molecular weight excluding hydrogens is 298 g/mol. The molecule has 0 amide bonds. The Balaban J connectivity index is 1.75. The average Bonchev–Trinajstić information content (AvgIpc) is 2.38. The Hall–Kier alpha value is -1.75. The summed E-state index contributed by atoms with van der Waals surface area (Å²) in [7, 11) is 0. The van der Waals surface area contributed by atoms with Crippen LogP contribution < -0.4 is 4.74 Å². The molecule has 0 N–H and O–H groups in total. The van der Waals surface area contributed by atoms with Crippen molar-refractivity contribution in [1.29, 1.82) is 0 Å². The predicted molar refractivity (Wildman–Crippen MR) is 75.8 cm³/mol. The fourth-order valence-electron chi connectivity index (χ4n) is 2.33. The molecule has 0 spiro atoms. The molecule has 0 atom stereocenters. The van der Waals surface area contributed by atoms with E-state index in [9.17, 15) is 8.78 Å². The van der Waals surface area contributed by atoms with Crippen LogP contribution in [0.4, 0.5) is 8.78 Å². The van der Waals surface area contributed by atoms with Gasteiger partial charge in [-0.25, -0.2) is 13.8 Å². The molecule has 3 nitrogen and oxygen atoms in total. The second kappa shape index (κ2) is 5.22. The Bertz CT molecular complexity index is 653. The maximum absolute atomic E-state index is 12.8. The van der Waals surface area contributed by atoms with E-state index in [2.05, 4.69) is 9.97 Å². The molecule has 0 saturated heterocycles. The molecule has 2 aromatic rings. The van der Waals surface area contributed by atoms with Crippen molar-refractivity contribution in [2.24, 2.45) is 0 Å². The number of aromatic nitrogens is 2. The van der Waals surface area contributed by atoms with Crippen molar-refractivity contribution in [3.8, 4) is 17.0 Å². The highest BCUT2D eigenvalue weighted by molar-refractivity contribution is 6.29. The number of nitrogens with zero attached hydrogens (tertiary/aromatic N) is 2. The van der Waals surface area contributed by atoms with Gasteiger partial charge in [0.2, 0.25) is 0 Å². The van der Waals surface area contributed by atoms with Gasteiger partial charge in [-0.1, -0.05) is 11.6 Å². The first-order valence-electron chi connectivity index (χ1n) is 6.56. The molecule has 1 aromatic carbocycles. The van der Waals surface area contributed by atoms with Gasteiger partial charge in [0.25, 0.3) is 5.92 Å². The van der Waals surface area contributed by atoms with Gasteiger partial charge in [0.15, 0.2) is 0 Å². The fourth-order valence-corrected chi connectivity index (χ4v) is 2.43. The summed E-state index contributed by atoms with van der Waals surface area (Å²) < 4.78 is 31.1. The summed E-state index contributed by atoms with van der Waals surface area (Å²) in [5.74, 6) is -1.97. The second-order valence-electron chi connectivity index (χ2n) is 5.21. The molecule has 0 aliphatic heterocycles. The SMILES string of the molecule is Cc1cc(OC2CC(F)(F)C2)ccc1-c1cnc(Cl)cn1. The first-order chi connectivity index (χ1) is 9.93. The van der Waals surface area contributed by atoms with E-state index in [1.807, 2.05) is 19.1 Å². The quantitative estimate of drug-likeness (QED) is 0.848. The van der Waals surface area contributed by atoms with Crippen molar-refractivity contribution in [3.05, 3.63) is 41.3 Å². The van der Waals surface area contributed by atoms with Crippen LogP contribution in [0.3, 0.4) is 0 Å². The van der Waals surface area contributed by atoms with Crippen LogP contribution in [0.25, 0.3) is 11.3 Å². The van der Waals surface area contributed by atoms with E-state index in [1.165, 1.54) is 6.20 Å². The van der Waals surface area contributed by atoms with Crippen LogP contribution in [0.15, 0.2) is 30.6 Å². The zero-order chi connectivity index (χ0) is 15.0.